The van der Waals surface area contributed by atoms with E-state index >= 15 is 0 Å². The van der Waals surface area contributed by atoms with Gasteiger partial charge in [-0.3, -0.25) is 4.79 Å². The second-order valence-corrected chi connectivity index (χ2v) is 9.78. The van der Waals surface area contributed by atoms with Gasteiger partial charge in [0.2, 0.25) is 0 Å². The summed E-state index contributed by atoms with van der Waals surface area (Å²) in [7, 11) is 0. The molecule has 0 saturated carbocycles. The lowest BCUT2D eigenvalue weighted by Crippen LogP contribution is -2.12. The summed E-state index contributed by atoms with van der Waals surface area (Å²) in [5.74, 6) is 1.89. The van der Waals surface area contributed by atoms with Crippen LogP contribution in [0.25, 0.3) is 21.5 Å². The summed E-state index contributed by atoms with van der Waals surface area (Å²) in [6.07, 6.45) is 4.14. The molecule has 6 heteroatoms. The summed E-state index contributed by atoms with van der Waals surface area (Å²) < 4.78 is 6.02. The Hall–Kier alpha value is -3.12. The third-order valence-electron chi connectivity index (χ3n) is 6.18. The summed E-state index contributed by atoms with van der Waals surface area (Å²) in [5, 5.41) is 3.84. The molecule has 3 aromatic heterocycles. The number of amides is 1. The maximum absolute atomic E-state index is 13.2. The molecule has 0 bridgehead atoms. The van der Waals surface area contributed by atoms with Crippen LogP contribution in [-0.4, -0.2) is 10.9 Å². The van der Waals surface area contributed by atoms with Gasteiger partial charge in [0.05, 0.1) is 5.69 Å². The second kappa shape index (κ2) is 8.10. The Morgan fingerprint density at radius 2 is 1.88 bits per heavy atom. The largest absolute Gasteiger partial charge is 0.461 e. The zero-order chi connectivity index (χ0) is 22.4. The smallest absolute Gasteiger partial charge is 0.267 e. The zero-order valence-corrected chi connectivity index (χ0v) is 19.4. The maximum atomic E-state index is 13.2. The van der Waals surface area contributed by atoms with Crippen LogP contribution in [0.1, 0.15) is 64.9 Å². The van der Waals surface area contributed by atoms with Crippen molar-refractivity contribution >= 4 is 38.8 Å². The van der Waals surface area contributed by atoms with E-state index in [4.69, 9.17) is 15.1 Å². The first-order valence-corrected chi connectivity index (χ1v) is 12.0. The quantitative estimate of drug-likeness (QED) is 0.366. The summed E-state index contributed by atoms with van der Waals surface area (Å²) in [5.41, 5.74) is 12.4. The molecule has 1 amide bonds. The van der Waals surface area contributed by atoms with Gasteiger partial charge in [0, 0.05) is 22.3 Å². The van der Waals surface area contributed by atoms with E-state index in [0.29, 0.717) is 16.5 Å². The molecular weight excluding hydrogens is 418 g/mol. The van der Waals surface area contributed by atoms with Crippen molar-refractivity contribution in [1.82, 2.24) is 4.98 Å². The highest BCUT2D eigenvalue weighted by Gasteiger charge is 2.27. The van der Waals surface area contributed by atoms with Crippen molar-refractivity contribution in [2.75, 3.05) is 11.1 Å². The third kappa shape index (κ3) is 3.58. The summed E-state index contributed by atoms with van der Waals surface area (Å²) in [6.45, 7) is 6.24. The average Bonchev–Trinajstić information content (AvgIpc) is 3.35. The van der Waals surface area contributed by atoms with Gasteiger partial charge in [0.25, 0.3) is 5.91 Å². The van der Waals surface area contributed by atoms with Crippen molar-refractivity contribution in [3.05, 3.63) is 63.9 Å². The van der Waals surface area contributed by atoms with Crippen molar-refractivity contribution in [2.24, 2.45) is 0 Å². The molecule has 3 heterocycles. The number of carbonyl (C=O) groups is 1. The number of furan rings is 1. The predicted molar refractivity (Wildman–Crippen MR) is 132 cm³/mol. The fourth-order valence-electron chi connectivity index (χ4n) is 4.46. The molecule has 0 spiro atoms. The number of nitrogen functional groups attached to an aromatic ring is 1. The van der Waals surface area contributed by atoms with Crippen molar-refractivity contribution < 1.29 is 9.21 Å². The van der Waals surface area contributed by atoms with Crippen molar-refractivity contribution in [1.29, 1.82) is 0 Å². The Labute approximate surface area is 191 Å². The maximum Gasteiger partial charge on any atom is 0.267 e. The van der Waals surface area contributed by atoms with Gasteiger partial charge in [-0.15, -0.1) is 11.3 Å². The van der Waals surface area contributed by atoms with Gasteiger partial charge in [-0.05, 0) is 73.9 Å². The molecule has 0 aliphatic heterocycles. The zero-order valence-electron chi connectivity index (χ0n) is 18.6. The molecule has 1 aliphatic rings. The van der Waals surface area contributed by atoms with Crippen molar-refractivity contribution in [2.45, 2.75) is 52.4 Å². The highest BCUT2D eigenvalue weighted by molar-refractivity contribution is 7.21. The van der Waals surface area contributed by atoms with Crippen LogP contribution in [-0.2, 0) is 12.8 Å². The molecule has 3 N–H and O–H groups in total. The number of pyridine rings is 1. The van der Waals surface area contributed by atoms with Crippen LogP contribution in [0.2, 0.25) is 0 Å². The minimum Gasteiger partial charge on any atom is -0.461 e. The summed E-state index contributed by atoms with van der Waals surface area (Å²) >= 11 is 1.36. The summed E-state index contributed by atoms with van der Waals surface area (Å²) in [4.78, 5) is 19.4. The fraction of sp³-hybridized carbons (Fsp3) is 0.308. The number of fused-ring (bicyclic) bond motifs is 2. The number of nitrogens with one attached hydrogen (secondary N) is 1. The van der Waals surface area contributed by atoms with Gasteiger partial charge in [-0.1, -0.05) is 26.0 Å². The highest BCUT2D eigenvalue weighted by Crippen LogP contribution is 2.44. The topological polar surface area (TPSA) is 81.2 Å². The molecule has 1 aliphatic carbocycles. The Morgan fingerprint density at radius 3 is 2.56 bits per heavy atom. The van der Waals surface area contributed by atoms with Gasteiger partial charge < -0.3 is 15.5 Å². The number of rotatable bonds is 4. The van der Waals surface area contributed by atoms with E-state index < -0.39 is 0 Å². The number of nitrogens with zero attached hydrogens (tertiary/aromatic N) is 1. The van der Waals surface area contributed by atoms with Gasteiger partial charge in [0.1, 0.15) is 21.2 Å². The third-order valence-corrected chi connectivity index (χ3v) is 7.28. The lowest BCUT2D eigenvalue weighted by atomic mass is 9.89. The molecule has 5 rings (SSSR count). The molecular formula is C26H27N3O2S. The Kier molecular flexibility index (Phi) is 5.25. The van der Waals surface area contributed by atoms with Crippen molar-refractivity contribution in [3.8, 4) is 11.3 Å². The van der Waals surface area contributed by atoms with Crippen LogP contribution < -0.4 is 11.1 Å². The molecule has 0 atom stereocenters. The lowest BCUT2D eigenvalue weighted by Gasteiger charge is -2.18. The van der Waals surface area contributed by atoms with E-state index in [1.54, 1.807) is 0 Å². The number of hydrogen-bond donors (Lipinski definition) is 2. The molecule has 0 unspecified atom stereocenters. The SMILES string of the molecule is Cc1ccc(-c2c3c(nc4sc(C(=O)Nc5ccc(C(C)C)cc5)c(N)c24)CCCC3)o1. The number of aromatic nitrogens is 1. The molecule has 5 nitrogen and oxygen atoms in total. The number of aryl methyl sites for hydroxylation is 2. The standard InChI is InChI=1S/C26H27N3O2S/c1-14(2)16-9-11-17(12-10-16)28-25(30)24-23(27)22-21(20-13-8-15(3)31-20)18-6-4-5-7-19(18)29-26(22)32-24/h8-14H,4-7,27H2,1-3H3,(H,28,30). The lowest BCUT2D eigenvalue weighted by molar-refractivity contribution is 0.103. The number of nitrogens with two attached hydrogens (primary N) is 1. The fourth-order valence-corrected chi connectivity index (χ4v) is 5.47. The van der Waals surface area contributed by atoms with E-state index in [1.807, 2.05) is 43.3 Å². The molecule has 32 heavy (non-hydrogen) atoms. The van der Waals surface area contributed by atoms with E-state index in [-0.39, 0.29) is 5.91 Å². The first kappa shape index (κ1) is 20.8. The second-order valence-electron chi connectivity index (χ2n) is 8.79. The van der Waals surface area contributed by atoms with E-state index in [0.717, 1.165) is 64.4 Å². The van der Waals surface area contributed by atoms with Crippen LogP contribution in [0.3, 0.4) is 0 Å². The Balaban J connectivity index is 1.59. The van der Waals surface area contributed by atoms with Gasteiger partial charge >= 0.3 is 0 Å². The minimum atomic E-state index is -0.206. The number of benzene rings is 1. The Bertz CT molecular complexity index is 1320. The van der Waals surface area contributed by atoms with Crippen LogP contribution in [0.5, 0.6) is 0 Å². The number of anilines is 2. The van der Waals surface area contributed by atoms with Crippen LogP contribution in [0.4, 0.5) is 11.4 Å². The first-order chi connectivity index (χ1) is 15.4. The molecule has 1 aromatic carbocycles. The van der Waals surface area contributed by atoms with Gasteiger partial charge in [-0.2, -0.15) is 0 Å². The van der Waals surface area contributed by atoms with E-state index in [2.05, 4.69) is 19.2 Å². The van der Waals surface area contributed by atoms with E-state index in [1.165, 1.54) is 22.5 Å². The van der Waals surface area contributed by atoms with Crippen LogP contribution in [0.15, 0.2) is 40.8 Å². The molecule has 164 valence electrons. The molecule has 0 fully saturated rings. The first-order valence-electron chi connectivity index (χ1n) is 11.1. The normalized spacial score (nSPS) is 13.5. The van der Waals surface area contributed by atoms with Crippen molar-refractivity contribution in [3.63, 3.8) is 0 Å². The monoisotopic (exact) mass is 445 g/mol. The number of thiophene rings is 1. The Morgan fingerprint density at radius 1 is 1.12 bits per heavy atom. The predicted octanol–water partition coefficient (Wildman–Crippen LogP) is 6.70. The van der Waals surface area contributed by atoms with Crippen LogP contribution in [0, 0.1) is 6.92 Å². The molecule has 0 saturated heterocycles. The van der Waals surface area contributed by atoms with Crippen LogP contribution >= 0.6 is 11.3 Å². The summed E-state index contributed by atoms with van der Waals surface area (Å²) in [6, 6.07) is 11.9. The molecule has 0 radical (unpaired) electrons. The van der Waals surface area contributed by atoms with E-state index in [9.17, 15) is 4.79 Å². The number of carbonyl (C=O) groups excluding carboxylic acids is 1. The highest BCUT2D eigenvalue weighted by atomic mass is 32.1. The minimum absolute atomic E-state index is 0.206. The molecule has 4 aromatic rings. The average molecular weight is 446 g/mol. The van der Waals surface area contributed by atoms with Gasteiger partial charge in [-0.25, -0.2) is 4.98 Å². The van der Waals surface area contributed by atoms with Gasteiger partial charge in [0.15, 0.2) is 0 Å². The number of hydrogen-bond acceptors (Lipinski definition) is 5.